The van der Waals surface area contributed by atoms with E-state index in [0.29, 0.717) is 19.0 Å². The van der Waals surface area contributed by atoms with E-state index in [2.05, 4.69) is 33.1 Å². The van der Waals surface area contributed by atoms with Gasteiger partial charge in [-0.1, -0.05) is 30.3 Å². The zero-order chi connectivity index (χ0) is 18.9. The molecule has 3 N–H and O–H groups in total. The number of likely N-dealkylation sites (N-methyl/N-ethyl adjacent to an activating group) is 1. The smallest absolute Gasteiger partial charge is 0.315 e. The van der Waals surface area contributed by atoms with E-state index >= 15 is 0 Å². The molecule has 26 heavy (non-hydrogen) atoms. The number of amides is 2. The number of hydrogen-bond acceptors (Lipinski definition) is 4. The second kappa shape index (κ2) is 9.77. The summed E-state index contributed by atoms with van der Waals surface area (Å²) in [5.41, 5.74) is 4.07. The number of aryl methyl sites for hydroxylation is 2. The predicted octanol–water partition coefficient (Wildman–Crippen LogP) is 2.34. The van der Waals surface area contributed by atoms with Crippen molar-refractivity contribution in [1.29, 1.82) is 0 Å². The molecule has 1 atom stereocenters. The number of hydrogen-bond donors (Lipinski definition) is 3. The average molecular weight is 356 g/mol. The van der Waals surface area contributed by atoms with Crippen LogP contribution in [-0.2, 0) is 13.0 Å². The Morgan fingerprint density at radius 1 is 1.19 bits per heavy atom. The van der Waals surface area contributed by atoms with Crippen LogP contribution in [-0.4, -0.2) is 37.8 Å². The number of rotatable bonds is 8. The van der Waals surface area contributed by atoms with E-state index in [1.165, 1.54) is 5.56 Å². The summed E-state index contributed by atoms with van der Waals surface area (Å²) in [4.78, 5) is 16.5. The number of nitrogens with one attached hydrogen (secondary N) is 3. The summed E-state index contributed by atoms with van der Waals surface area (Å²) in [6.07, 6.45) is 0.854. The van der Waals surface area contributed by atoms with Crippen molar-refractivity contribution in [2.45, 2.75) is 32.9 Å². The highest BCUT2D eigenvalue weighted by Crippen LogP contribution is 2.20. The molecule has 0 bridgehead atoms. The number of methoxy groups -OCH3 is 1. The Morgan fingerprint density at radius 3 is 2.58 bits per heavy atom. The van der Waals surface area contributed by atoms with Crippen LogP contribution in [0.3, 0.4) is 0 Å². The van der Waals surface area contributed by atoms with E-state index in [0.717, 1.165) is 23.2 Å². The molecule has 0 aliphatic heterocycles. The van der Waals surface area contributed by atoms with E-state index in [4.69, 9.17) is 4.74 Å². The SMILES string of the molecule is CN[C@@H](CNC(=O)NCc1c(C)cc(C)nc1OC)Cc1ccccc1. The van der Waals surface area contributed by atoms with Crippen molar-refractivity contribution in [3.63, 3.8) is 0 Å². The lowest BCUT2D eigenvalue weighted by molar-refractivity contribution is 0.239. The van der Waals surface area contributed by atoms with E-state index in [1.807, 2.05) is 45.2 Å². The van der Waals surface area contributed by atoms with Crippen LogP contribution < -0.4 is 20.7 Å². The molecule has 0 aliphatic carbocycles. The van der Waals surface area contributed by atoms with Crippen molar-refractivity contribution in [3.8, 4) is 5.88 Å². The summed E-state index contributed by atoms with van der Waals surface area (Å²) in [7, 11) is 3.49. The Hall–Kier alpha value is -2.60. The third-order valence-electron chi connectivity index (χ3n) is 4.30. The monoisotopic (exact) mass is 356 g/mol. The Balaban J connectivity index is 1.85. The van der Waals surface area contributed by atoms with Crippen molar-refractivity contribution in [1.82, 2.24) is 20.9 Å². The normalized spacial score (nSPS) is 11.7. The van der Waals surface area contributed by atoms with Crippen molar-refractivity contribution >= 4 is 6.03 Å². The van der Waals surface area contributed by atoms with Gasteiger partial charge in [0, 0.05) is 23.8 Å². The standard InChI is InChI=1S/C20H28N4O2/c1-14-10-15(2)24-19(26-4)18(14)13-23-20(25)22-12-17(21-3)11-16-8-6-5-7-9-16/h5-10,17,21H,11-13H2,1-4H3,(H2,22,23,25)/t17-/m1/s1. The van der Waals surface area contributed by atoms with Crippen LogP contribution in [0.5, 0.6) is 5.88 Å². The molecule has 1 heterocycles. The molecule has 6 nitrogen and oxygen atoms in total. The molecule has 0 aliphatic rings. The third kappa shape index (κ3) is 5.74. The molecule has 0 unspecified atom stereocenters. The molecule has 0 fully saturated rings. The van der Waals surface area contributed by atoms with Crippen LogP contribution in [0.25, 0.3) is 0 Å². The van der Waals surface area contributed by atoms with Crippen molar-refractivity contribution in [2.24, 2.45) is 0 Å². The van der Waals surface area contributed by atoms with Gasteiger partial charge in [0.05, 0.1) is 13.7 Å². The molecule has 6 heteroatoms. The van der Waals surface area contributed by atoms with Crippen LogP contribution in [0.15, 0.2) is 36.4 Å². The lowest BCUT2D eigenvalue weighted by Gasteiger charge is -2.18. The summed E-state index contributed by atoms with van der Waals surface area (Å²) in [6, 6.07) is 12.2. The fraction of sp³-hybridized carbons (Fsp3) is 0.400. The number of ether oxygens (including phenoxy) is 1. The maximum atomic E-state index is 12.2. The summed E-state index contributed by atoms with van der Waals surface area (Å²) in [6.45, 7) is 4.82. The molecule has 1 aromatic heterocycles. The largest absolute Gasteiger partial charge is 0.481 e. The van der Waals surface area contributed by atoms with Crippen molar-refractivity contribution in [3.05, 3.63) is 58.8 Å². The van der Waals surface area contributed by atoms with E-state index < -0.39 is 0 Å². The minimum atomic E-state index is -0.208. The average Bonchev–Trinajstić information content (AvgIpc) is 2.64. The second-order valence-corrected chi connectivity index (χ2v) is 6.31. The summed E-state index contributed by atoms with van der Waals surface area (Å²) >= 11 is 0. The number of carbonyl (C=O) groups is 1. The van der Waals surface area contributed by atoms with Crippen molar-refractivity contribution in [2.75, 3.05) is 20.7 Å². The number of aromatic nitrogens is 1. The zero-order valence-electron chi connectivity index (χ0n) is 15.9. The van der Waals surface area contributed by atoms with Gasteiger partial charge in [-0.05, 0) is 44.5 Å². The molecule has 140 valence electrons. The highest BCUT2D eigenvalue weighted by Gasteiger charge is 2.12. The molecule has 0 saturated heterocycles. The predicted molar refractivity (Wildman–Crippen MR) is 103 cm³/mol. The van der Waals surface area contributed by atoms with Gasteiger partial charge >= 0.3 is 6.03 Å². The van der Waals surface area contributed by atoms with E-state index in [-0.39, 0.29) is 12.1 Å². The molecule has 0 spiro atoms. The van der Waals surface area contributed by atoms with Gasteiger partial charge in [-0.25, -0.2) is 9.78 Å². The quantitative estimate of drug-likeness (QED) is 0.679. The number of urea groups is 1. The van der Waals surface area contributed by atoms with Crippen LogP contribution in [0.2, 0.25) is 0 Å². The first-order chi connectivity index (χ1) is 12.5. The van der Waals surface area contributed by atoms with Crippen LogP contribution in [0.1, 0.15) is 22.4 Å². The first kappa shape index (κ1) is 19.7. The van der Waals surface area contributed by atoms with E-state index in [1.54, 1.807) is 7.11 Å². The Kier molecular flexibility index (Phi) is 7.41. The number of carbonyl (C=O) groups excluding carboxylic acids is 1. The summed E-state index contributed by atoms with van der Waals surface area (Å²) < 4.78 is 5.33. The molecule has 0 saturated carbocycles. The fourth-order valence-electron chi connectivity index (χ4n) is 2.83. The highest BCUT2D eigenvalue weighted by atomic mass is 16.5. The first-order valence-electron chi connectivity index (χ1n) is 8.77. The maximum absolute atomic E-state index is 12.2. The molecule has 1 aromatic carbocycles. The van der Waals surface area contributed by atoms with Crippen LogP contribution in [0, 0.1) is 13.8 Å². The van der Waals surface area contributed by atoms with E-state index in [9.17, 15) is 4.79 Å². The molecule has 2 rings (SSSR count). The van der Waals surface area contributed by atoms with Gasteiger partial charge in [-0.3, -0.25) is 0 Å². The minimum absolute atomic E-state index is 0.167. The molecular weight excluding hydrogens is 328 g/mol. The number of nitrogens with zero attached hydrogens (tertiary/aromatic N) is 1. The molecule has 2 amide bonds. The Morgan fingerprint density at radius 2 is 1.92 bits per heavy atom. The second-order valence-electron chi connectivity index (χ2n) is 6.31. The highest BCUT2D eigenvalue weighted by molar-refractivity contribution is 5.74. The molecule has 0 radical (unpaired) electrons. The van der Waals surface area contributed by atoms with Gasteiger partial charge in [0.1, 0.15) is 0 Å². The Bertz CT molecular complexity index is 719. The summed E-state index contributed by atoms with van der Waals surface area (Å²) in [5.74, 6) is 0.556. The first-order valence-corrected chi connectivity index (χ1v) is 8.77. The van der Waals surface area contributed by atoms with Gasteiger partial charge in [-0.15, -0.1) is 0 Å². The maximum Gasteiger partial charge on any atom is 0.315 e. The van der Waals surface area contributed by atoms with Gasteiger partial charge in [0.25, 0.3) is 0 Å². The zero-order valence-corrected chi connectivity index (χ0v) is 15.9. The van der Waals surface area contributed by atoms with Gasteiger partial charge < -0.3 is 20.7 Å². The fourth-order valence-corrected chi connectivity index (χ4v) is 2.83. The number of pyridine rings is 1. The third-order valence-corrected chi connectivity index (χ3v) is 4.30. The summed E-state index contributed by atoms with van der Waals surface area (Å²) in [5, 5.41) is 9.04. The minimum Gasteiger partial charge on any atom is -0.481 e. The molecular formula is C20H28N4O2. The van der Waals surface area contributed by atoms with Gasteiger partial charge in [0.15, 0.2) is 0 Å². The number of benzene rings is 1. The lowest BCUT2D eigenvalue weighted by atomic mass is 10.1. The van der Waals surface area contributed by atoms with Crippen LogP contribution in [0.4, 0.5) is 4.79 Å². The topological polar surface area (TPSA) is 75.3 Å². The molecule has 2 aromatic rings. The Labute approximate surface area is 155 Å². The van der Waals surface area contributed by atoms with Gasteiger partial charge in [-0.2, -0.15) is 0 Å². The van der Waals surface area contributed by atoms with Gasteiger partial charge in [0.2, 0.25) is 5.88 Å². The van der Waals surface area contributed by atoms with Crippen LogP contribution >= 0.6 is 0 Å². The lowest BCUT2D eigenvalue weighted by Crippen LogP contribution is -2.44. The van der Waals surface area contributed by atoms with Crippen molar-refractivity contribution < 1.29 is 9.53 Å².